The second kappa shape index (κ2) is 4.57. The summed E-state index contributed by atoms with van der Waals surface area (Å²) in [6.45, 7) is 0.673. The highest BCUT2D eigenvalue weighted by Gasteiger charge is 2.40. The van der Waals surface area contributed by atoms with Crippen LogP contribution < -0.4 is 9.47 Å². The molecule has 0 aromatic heterocycles. The quantitative estimate of drug-likeness (QED) is 0.721. The lowest BCUT2D eigenvalue weighted by molar-refractivity contribution is -0.128. The molecule has 1 aromatic rings. The summed E-state index contributed by atoms with van der Waals surface area (Å²) in [6.07, 6.45) is -4.41. The van der Waals surface area contributed by atoms with Crippen LogP contribution in [-0.4, -0.2) is 19.4 Å². The predicted octanol–water partition coefficient (Wildman–Crippen LogP) is 4.11. The van der Waals surface area contributed by atoms with E-state index in [9.17, 15) is 13.2 Å². The smallest absolute Gasteiger partial charge is 0.405 e. The summed E-state index contributed by atoms with van der Waals surface area (Å²) in [5.74, 6) is 0.649. The van der Waals surface area contributed by atoms with E-state index in [1.807, 2.05) is 0 Å². The lowest BCUT2D eigenvalue weighted by atomic mass is 10.1. The molecule has 0 amide bonds. The first kappa shape index (κ1) is 12.8. The number of hydrogen-bond acceptors (Lipinski definition) is 2. The molecule has 0 bridgehead atoms. The highest BCUT2D eigenvalue weighted by atomic mass is 79.9. The first-order valence-electron chi connectivity index (χ1n) is 4.69. The molecular formula is C10H7BrClF3O2. The zero-order chi connectivity index (χ0) is 12.6. The van der Waals surface area contributed by atoms with Crippen LogP contribution in [0.3, 0.4) is 0 Å². The molecule has 0 saturated heterocycles. The molecule has 0 radical (unpaired) electrons. The number of benzene rings is 1. The minimum absolute atomic E-state index is 0.00606. The third-order valence-corrected chi connectivity index (χ3v) is 3.56. The maximum atomic E-state index is 12.6. The Kier molecular flexibility index (Phi) is 3.45. The van der Waals surface area contributed by atoms with Crippen molar-refractivity contribution >= 4 is 27.5 Å². The van der Waals surface area contributed by atoms with Gasteiger partial charge in [-0.25, -0.2) is 0 Å². The molecule has 1 aliphatic heterocycles. The van der Waals surface area contributed by atoms with Crippen LogP contribution >= 0.6 is 27.5 Å². The van der Waals surface area contributed by atoms with E-state index in [1.165, 1.54) is 12.1 Å². The van der Waals surface area contributed by atoms with E-state index < -0.39 is 11.0 Å². The normalized spacial score (nSPS) is 16.8. The summed E-state index contributed by atoms with van der Waals surface area (Å²) in [6, 6.07) is 2.59. The van der Waals surface area contributed by atoms with Crippen molar-refractivity contribution in [1.29, 1.82) is 0 Å². The standard InChI is InChI=1S/C10H7BrClF3O2/c11-9(10(13,14)15)5-3-7-8(4-6(5)12)17-2-1-16-7/h3-4,9H,1-2H2. The average Bonchev–Trinajstić information content (AvgIpc) is 2.26. The summed E-state index contributed by atoms with van der Waals surface area (Å²) in [5, 5.41) is -0.00606. The third kappa shape index (κ3) is 2.63. The van der Waals surface area contributed by atoms with Crippen LogP contribution in [0.1, 0.15) is 10.4 Å². The first-order chi connectivity index (χ1) is 7.89. The molecule has 1 unspecified atom stereocenters. The molecule has 1 heterocycles. The van der Waals surface area contributed by atoms with Crippen LogP contribution in [-0.2, 0) is 0 Å². The minimum Gasteiger partial charge on any atom is -0.486 e. The van der Waals surface area contributed by atoms with E-state index in [0.29, 0.717) is 19.0 Å². The first-order valence-corrected chi connectivity index (χ1v) is 5.99. The fraction of sp³-hybridized carbons (Fsp3) is 0.400. The molecule has 0 spiro atoms. The van der Waals surface area contributed by atoms with Crippen molar-refractivity contribution < 1.29 is 22.6 Å². The van der Waals surface area contributed by atoms with Gasteiger partial charge in [-0.15, -0.1) is 0 Å². The average molecular weight is 332 g/mol. The molecular weight excluding hydrogens is 324 g/mol. The molecule has 2 rings (SSSR count). The van der Waals surface area contributed by atoms with Crippen molar-refractivity contribution in [2.24, 2.45) is 0 Å². The molecule has 0 N–H and O–H groups in total. The van der Waals surface area contributed by atoms with E-state index in [2.05, 4.69) is 15.9 Å². The number of alkyl halides is 4. The number of hydrogen-bond donors (Lipinski definition) is 0. The summed E-state index contributed by atoms with van der Waals surface area (Å²) >= 11 is 8.38. The SMILES string of the molecule is FC(F)(F)C(Br)c1cc2c(cc1Cl)OCCO2. The van der Waals surface area contributed by atoms with Gasteiger partial charge >= 0.3 is 6.18 Å². The zero-order valence-electron chi connectivity index (χ0n) is 8.35. The Morgan fingerprint density at radius 3 is 2.24 bits per heavy atom. The summed E-state index contributed by atoms with van der Waals surface area (Å²) in [5.41, 5.74) is -0.0802. The van der Waals surface area contributed by atoms with E-state index in [-0.39, 0.29) is 16.3 Å². The predicted molar refractivity (Wildman–Crippen MR) is 60.2 cm³/mol. The largest absolute Gasteiger partial charge is 0.486 e. The fourth-order valence-corrected chi connectivity index (χ4v) is 2.22. The van der Waals surface area contributed by atoms with Crippen LogP contribution in [0.15, 0.2) is 12.1 Å². The van der Waals surface area contributed by atoms with Gasteiger partial charge in [-0.2, -0.15) is 13.2 Å². The molecule has 0 aliphatic carbocycles. The Morgan fingerprint density at radius 2 is 1.71 bits per heavy atom. The second-order valence-electron chi connectivity index (χ2n) is 3.42. The summed E-state index contributed by atoms with van der Waals surface area (Å²) in [4.78, 5) is -1.82. The number of rotatable bonds is 1. The van der Waals surface area contributed by atoms with Gasteiger partial charge in [0.25, 0.3) is 0 Å². The Bertz CT molecular complexity index is 436. The fourth-order valence-electron chi connectivity index (χ4n) is 1.45. The summed E-state index contributed by atoms with van der Waals surface area (Å²) in [7, 11) is 0. The maximum Gasteiger partial charge on any atom is 0.405 e. The van der Waals surface area contributed by atoms with Gasteiger partial charge in [0.05, 0.1) is 0 Å². The van der Waals surface area contributed by atoms with Crippen LogP contribution in [0, 0.1) is 0 Å². The molecule has 0 fully saturated rings. The topological polar surface area (TPSA) is 18.5 Å². The Hall–Kier alpha value is -0.620. The highest BCUT2D eigenvalue weighted by molar-refractivity contribution is 9.09. The van der Waals surface area contributed by atoms with Gasteiger partial charge < -0.3 is 9.47 Å². The number of halogens is 5. The molecule has 1 aliphatic rings. The van der Waals surface area contributed by atoms with Gasteiger partial charge in [0.2, 0.25) is 0 Å². The monoisotopic (exact) mass is 330 g/mol. The van der Waals surface area contributed by atoms with E-state index in [4.69, 9.17) is 21.1 Å². The molecule has 17 heavy (non-hydrogen) atoms. The van der Waals surface area contributed by atoms with Gasteiger partial charge in [0, 0.05) is 11.1 Å². The van der Waals surface area contributed by atoms with Crippen molar-refractivity contribution in [2.75, 3.05) is 13.2 Å². The van der Waals surface area contributed by atoms with Crippen molar-refractivity contribution in [3.05, 3.63) is 22.7 Å². The van der Waals surface area contributed by atoms with Gasteiger partial charge in [-0.1, -0.05) is 27.5 Å². The zero-order valence-corrected chi connectivity index (χ0v) is 10.7. The molecule has 0 saturated carbocycles. The highest BCUT2D eigenvalue weighted by Crippen LogP contribution is 2.46. The van der Waals surface area contributed by atoms with E-state index in [1.54, 1.807) is 0 Å². The number of ether oxygens (including phenoxy) is 2. The molecule has 94 valence electrons. The van der Waals surface area contributed by atoms with Crippen LogP contribution in [0.2, 0.25) is 5.02 Å². The van der Waals surface area contributed by atoms with Gasteiger partial charge in [-0.05, 0) is 11.6 Å². The summed E-state index contributed by atoms with van der Waals surface area (Å²) < 4.78 is 48.1. The maximum absolute atomic E-state index is 12.6. The Balaban J connectivity index is 2.41. The lowest BCUT2D eigenvalue weighted by Gasteiger charge is -2.22. The van der Waals surface area contributed by atoms with Crippen molar-refractivity contribution in [1.82, 2.24) is 0 Å². The molecule has 2 nitrogen and oxygen atoms in total. The molecule has 1 atom stereocenters. The third-order valence-electron chi connectivity index (χ3n) is 2.22. The van der Waals surface area contributed by atoms with E-state index >= 15 is 0 Å². The molecule has 7 heteroatoms. The van der Waals surface area contributed by atoms with Crippen LogP contribution in [0.25, 0.3) is 0 Å². The van der Waals surface area contributed by atoms with Gasteiger partial charge in [0.1, 0.15) is 18.0 Å². The Morgan fingerprint density at radius 1 is 1.18 bits per heavy atom. The lowest BCUT2D eigenvalue weighted by Crippen LogP contribution is -2.18. The van der Waals surface area contributed by atoms with E-state index in [0.717, 1.165) is 0 Å². The van der Waals surface area contributed by atoms with Crippen molar-refractivity contribution in [3.8, 4) is 11.5 Å². The van der Waals surface area contributed by atoms with Gasteiger partial charge in [-0.3, -0.25) is 0 Å². The van der Waals surface area contributed by atoms with Crippen LogP contribution in [0.5, 0.6) is 11.5 Å². The number of fused-ring (bicyclic) bond motifs is 1. The minimum atomic E-state index is -4.41. The molecule has 1 aromatic carbocycles. The second-order valence-corrected chi connectivity index (χ2v) is 4.74. The van der Waals surface area contributed by atoms with Crippen LogP contribution in [0.4, 0.5) is 13.2 Å². The van der Waals surface area contributed by atoms with Crippen molar-refractivity contribution in [2.45, 2.75) is 11.0 Å². The Labute approximate surface area is 109 Å². The van der Waals surface area contributed by atoms with Gasteiger partial charge in [0.15, 0.2) is 11.5 Å². The van der Waals surface area contributed by atoms with Crippen molar-refractivity contribution in [3.63, 3.8) is 0 Å².